The largest absolute Gasteiger partial charge is 0.377 e. The third-order valence-electron chi connectivity index (χ3n) is 2.96. The summed E-state index contributed by atoms with van der Waals surface area (Å²) in [5.41, 5.74) is 2.09. The normalized spacial score (nSPS) is 10.4. The lowest BCUT2D eigenvalue weighted by molar-refractivity contribution is 0.133. The van der Waals surface area contributed by atoms with Crippen LogP contribution in [0, 0.1) is 0 Å². The summed E-state index contributed by atoms with van der Waals surface area (Å²) in [7, 11) is 1.76. The third kappa shape index (κ3) is 4.28. The molecule has 7 heteroatoms. The molecule has 1 aromatic carbocycles. The number of carbonyl (C=O) groups is 1. The molecule has 0 aliphatic heterocycles. The Morgan fingerprint density at radius 3 is 2.76 bits per heavy atom. The maximum atomic E-state index is 11.8. The summed E-state index contributed by atoms with van der Waals surface area (Å²) in [5, 5.41) is 12.9. The number of hydrogen-bond acceptors (Lipinski definition) is 4. The predicted octanol–water partition coefficient (Wildman–Crippen LogP) is 1.67. The van der Waals surface area contributed by atoms with Crippen molar-refractivity contribution in [1.29, 1.82) is 0 Å². The molecule has 2 N–H and O–H groups in total. The predicted molar refractivity (Wildman–Crippen MR) is 78.6 cm³/mol. The number of aromatic nitrogens is 3. The van der Waals surface area contributed by atoms with Crippen molar-refractivity contribution in [3.05, 3.63) is 41.7 Å². The van der Waals surface area contributed by atoms with Crippen molar-refractivity contribution in [3.63, 3.8) is 0 Å². The van der Waals surface area contributed by atoms with Gasteiger partial charge in [-0.2, -0.15) is 0 Å². The van der Waals surface area contributed by atoms with Crippen LogP contribution in [0.1, 0.15) is 18.1 Å². The van der Waals surface area contributed by atoms with Gasteiger partial charge in [-0.05, 0) is 18.1 Å². The smallest absolute Gasteiger partial charge is 0.321 e. The Kier molecular flexibility index (Phi) is 5.28. The Morgan fingerprint density at radius 1 is 1.33 bits per heavy atom. The Hall–Kier alpha value is -2.41. The van der Waals surface area contributed by atoms with Gasteiger partial charge in [0.2, 0.25) is 5.95 Å². The minimum absolute atomic E-state index is 0.322. The van der Waals surface area contributed by atoms with Gasteiger partial charge in [-0.1, -0.05) is 24.3 Å². The zero-order valence-electron chi connectivity index (χ0n) is 12.2. The van der Waals surface area contributed by atoms with E-state index >= 15 is 0 Å². The first-order valence-corrected chi connectivity index (χ1v) is 6.74. The van der Waals surface area contributed by atoms with Gasteiger partial charge in [-0.3, -0.25) is 5.32 Å². The van der Waals surface area contributed by atoms with Crippen molar-refractivity contribution >= 4 is 12.0 Å². The van der Waals surface area contributed by atoms with Gasteiger partial charge in [0, 0.05) is 20.2 Å². The average Bonchev–Trinajstić information content (AvgIpc) is 2.89. The molecular weight excluding hydrogens is 270 g/mol. The van der Waals surface area contributed by atoms with Crippen LogP contribution in [0.4, 0.5) is 10.7 Å². The quantitative estimate of drug-likeness (QED) is 0.847. The maximum Gasteiger partial charge on any atom is 0.321 e. The molecule has 0 spiro atoms. The van der Waals surface area contributed by atoms with E-state index in [0.717, 1.165) is 11.1 Å². The van der Waals surface area contributed by atoms with Crippen molar-refractivity contribution in [1.82, 2.24) is 20.1 Å². The number of nitrogens with one attached hydrogen (secondary N) is 2. The molecule has 2 aromatic rings. The van der Waals surface area contributed by atoms with E-state index in [2.05, 4.69) is 20.8 Å². The Balaban J connectivity index is 1.90. The topological polar surface area (TPSA) is 81.1 Å². The van der Waals surface area contributed by atoms with Gasteiger partial charge < -0.3 is 14.6 Å². The molecule has 7 nitrogen and oxygen atoms in total. The fourth-order valence-corrected chi connectivity index (χ4v) is 1.80. The highest BCUT2D eigenvalue weighted by Crippen LogP contribution is 2.10. The average molecular weight is 289 g/mol. The minimum atomic E-state index is -0.322. The molecule has 1 aromatic heterocycles. The van der Waals surface area contributed by atoms with Gasteiger partial charge in [-0.25, -0.2) is 4.79 Å². The van der Waals surface area contributed by atoms with Crippen molar-refractivity contribution in [2.75, 3.05) is 11.9 Å². The van der Waals surface area contributed by atoms with Crippen LogP contribution in [0.5, 0.6) is 0 Å². The van der Waals surface area contributed by atoms with E-state index < -0.39 is 0 Å². The van der Waals surface area contributed by atoms with Crippen LogP contribution in [0.15, 0.2) is 30.6 Å². The number of ether oxygens (including phenoxy) is 1. The summed E-state index contributed by atoms with van der Waals surface area (Å²) in [6, 6.07) is 7.53. The van der Waals surface area contributed by atoms with Crippen LogP contribution in [0.3, 0.4) is 0 Å². The molecule has 0 aliphatic rings. The zero-order chi connectivity index (χ0) is 15.1. The number of benzene rings is 1. The lowest BCUT2D eigenvalue weighted by Gasteiger charge is -2.11. The minimum Gasteiger partial charge on any atom is -0.377 e. The van der Waals surface area contributed by atoms with E-state index in [1.807, 2.05) is 31.2 Å². The standard InChI is InChI=1S/C14H19N5O2/c1-3-21-9-12-7-5-4-6-11(12)8-15-14(20)17-13-18-16-10-19(13)2/h4-7,10H,3,8-9H2,1-2H3,(H2,15,17,18,20). The summed E-state index contributed by atoms with van der Waals surface area (Å²) >= 11 is 0. The molecule has 0 fully saturated rings. The van der Waals surface area contributed by atoms with Crippen LogP contribution < -0.4 is 10.6 Å². The first-order chi connectivity index (χ1) is 10.2. The van der Waals surface area contributed by atoms with E-state index in [9.17, 15) is 4.79 Å². The van der Waals surface area contributed by atoms with Gasteiger partial charge >= 0.3 is 6.03 Å². The van der Waals surface area contributed by atoms with Crippen LogP contribution in [0.2, 0.25) is 0 Å². The second-order valence-corrected chi connectivity index (χ2v) is 4.48. The molecule has 0 radical (unpaired) electrons. The molecular formula is C14H19N5O2. The second-order valence-electron chi connectivity index (χ2n) is 4.48. The third-order valence-corrected chi connectivity index (χ3v) is 2.96. The SMILES string of the molecule is CCOCc1ccccc1CNC(=O)Nc1nncn1C. The van der Waals surface area contributed by atoms with E-state index in [-0.39, 0.29) is 6.03 Å². The van der Waals surface area contributed by atoms with Gasteiger partial charge in [0.15, 0.2) is 0 Å². The summed E-state index contributed by atoms with van der Waals surface area (Å²) in [6.45, 7) is 3.58. The summed E-state index contributed by atoms with van der Waals surface area (Å²) in [5.74, 6) is 0.398. The highest BCUT2D eigenvalue weighted by Gasteiger charge is 2.07. The molecule has 0 bridgehead atoms. The molecule has 21 heavy (non-hydrogen) atoms. The number of amides is 2. The first-order valence-electron chi connectivity index (χ1n) is 6.74. The van der Waals surface area contributed by atoms with Crippen LogP contribution >= 0.6 is 0 Å². The highest BCUT2D eigenvalue weighted by atomic mass is 16.5. The lowest BCUT2D eigenvalue weighted by atomic mass is 10.1. The van der Waals surface area contributed by atoms with Crippen molar-refractivity contribution < 1.29 is 9.53 Å². The van der Waals surface area contributed by atoms with Crippen molar-refractivity contribution in [2.24, 2.45) is 7.05 Å². The molecule has 0 saturated carbocycles. The molecule has 0 unspecified atom stereocenters. The molecule has 112 valence electrons. The number of carbonyl (C=O) groups excluding carboxylic acids is 1. The molecule has 2 rings (SSSR count). The number of aryl methyl sites for hydroxylation is 1. The Bertz CT molecular complexity index is 597. The fraction of sp³-hybridized carbons (Fsp3) is 0.357. The lowest BCUT2D eigenvalue weighted by Crippen LogP contribution is -2.29. The molecule has 1 heterocycles. The number of anilines is 1. The summed E-state index contributed by atoms with van der Waals surface area (Å²) < 4.78 is 7.05. The fourth-order valence-electron chi connectivity index (χ4n) is 1.80. The Labute approximate surface area is 123 Å². The number of urea groups is 1. The van der Waals surface area contributed by atoms with E-state index in [4.69, 9.17) is 4.74 Å². The molecule has 2 amide bonds. The number of hydrogen-bond donors (Lipinski definition) is 2. The van der Waals surface area contributed by atoms with Gasteiger partial charge in [-0.15, -0.1) is 10.2 Å². The second kappa shape index (κ2) is 7.39. The van der Waals surface area contributed by atoms with Crippen LogP contribution in [0.25, 0.3) is 0 Å². The number of nitrogens with zero attached hydrogens (tertiary/aromatic N) is 3. The van der Waals surface area contributed by atoms with Gasteiger partial charge in [0.05, 0.1) is 6.61 Å². The van der Waals surface area contributed by atoms with E-state index in [1.54, 1.807) is 11.6 Å². The van der Waals surface area contributed by atoms with Gasteiger partial charge in [0.25, 0.3) is 0 Å². The highest BCUT2D eigenvalue weighted by molar-refractivity contribution is 5.87. The first kappa shape index (κ1) is 15.0. The van der Waals surface area contributed by atoms with E-state index in [1.165, 1.54) is 6.33 Å². The van der Waals surface area contributed by atoms with Crippen LogP contribution in [-0.4, -0.2) is 27.4 Å². The molecule has 0 aliphatic carbocycles. The molecule has 0 atom stereocenters. The summed E-state index contributed by atoms with van der Waals surface area (Å²) in [6.07, 6.45) is 1.52. The van der Waals surface area contributed by atoms with Crippen LogP contribution in [-0.2, 0) is 24.9 Å². The van der Waals surface area contributed by atoms with Gasteiger partial charge in [0.1, 0.15) is 6.33 Å². The number of rotatable bonds is 6. The molecule has 0 saturated heterocycles. The van der Waals surface area contributed by atoms with Crippen molar-refractivity contribution in [3.8, 4) is 0 Å². The van der Waals surface area contributed by atoms with Crippen molar-refractivity contribution in [2.45, 2.75) is 20.1 Å². The summed E-state index contributed by atoms with van der Waals surface area (Å²) in [4.78, 5) is 11.8. The Morgan fingerprint density at radius 2 is 2.10 bits per heavy atom. The zero-order valence-corrected chi connectivity index (χ0v) is 12.2. The monoisotopic (exact) mass is 289 g/mol. The van der Waals surface area contributed by atoms with E-state index in [0.29, 0.717) is 25.7 Å². The maximum absolute atomic E-state index is 11.8.